The Bertz CT molecular complexity index is 604. The minimum absolute atomic E-state index is 0. The molecule has 0 saturated heterocycles. The summed E-state index contributed by atoms with van der Waals surface area (Å²) in [4.78, 5) is 4.48. The molecule has 0 radical (unpaired) electrons. The smallest absolute Gasteiger partial charge is 0.817 e. The zero-order chi connectivity index (χ0) is 17.0. The summed E-state index contributed by atoms with van der Waals surface area (Å²) in [7, 11) is 0. The number of benzene rings is 1. The first-order chi connectivity index (χ1) is 10.8. The van der Waals surface area contributed by atoms with Crippen LogP contribution in [0.2, 0.25) is 0 Å². The SMILES string of the molecule is C/C=C\c1ccnc(-c2[c-]ccc(C)c2CC)c1.C=[N-].[CH-]=C.[Ir+3]. The summed E-state index contributed by atoms with van der Waals surface area (Å²) in [5, 5.41) is 6.75. The van der Waals surface area contributed by atoms with Crippen LogP contribution < -0.4 is 0 Å². The Morgan fingerprint density at radius 2 is 1.96 bits per heavy atom. The Labute approximate surface area is 154 Å². The summed E-state index contributed by atoms with van der Waals surface area (Å²) < 4.78 is 0. The molecule has 122 valence electrons. The number of pyridine rings is 1. The van der Waals surface area contributed by atoms with Gasteiger partial charge in [0.05, 0.1) is 0 Å². The van der Waals surface area contributed by atoms with Crippen LogP contribution >= 0.6 is 0 Å². The zero-order valence-corrected chi connectivity index (χ0v) is 16.4. The fraction of sp³-hybridized carbons (Fsp3) is 0.200. The van der Waals surface area contributed by atoms with Gasteiger partial charge >= 0.3 is 20.1 Å². The molecule has 0 aliphatic heterocycles. The van der Waals surface area contributed by atoms with Crippen LogP contribution in [0.4, 0.5) is 0 Å². The zero-order valence-electron chi connectivity index (χ0n) is 14.0. The first-order valence-corrected chi connectivity index (χ1v) is 7.08. The van der Waals surface area contributed by atoms with Gasteiger partial charge in [-0.1, -0.05) is 38.5 Å². The minimum atomic E-state index is 0. The Morgan fingerprint density at radius 1 is 1.30 bits per heavy atom. The molecule has 0 N–H and O–H groups in total. The predicted molar refractivity (Wildman–Crippen MR) is 97.7 cm³/mol. The molecular weight excluding hydrogens is 460 g/mol. The number of rotatable bonds is 3. The molecule has 1 aromatic carbocycles. The number of hydrogen-bond donors (Lipinski definition) is 0. The molecule has 0 saturated carbocycles. The van der Waals surface area contributed by atoms with Gasteiger partial charge in [0.15, 0.2) is 0 Å². The van der Waals surface area contributed by atoms with Crippen LogP contribution in [0.5, 0.6) is 0 Å². The average molecular weight is 484 g/mol. The van der Waals surface area contributed by atoms with E-state index in [1.165, 1.54) is 16.7 Å². The molecule has 1 aromatic heterocycles. The minimum Gasteiger partial charge on any atom is -0.817 e. The van der Waals surface area contributed by atoms with Gasteiger partial charge in [-0.05, 0) is 24.2 Å². The number of allylic oxidation sites excluding steroid dienone is 1. The normalized spacial score (nSPS) is 9.00. The van der Waals surface area contributed by atoms with Crippen molar-refractivity contribution in [2.24, 2.45) is 0 Å². The van der Waals surface area contributed by atoms with Crippen molar-refractivity contribution in [1.82, 2.24) is 4.98 Å². The first kappa shape index (κ1) is 23.4. The van der Waals surface area contributed by atoms with Gasteiger partial charge < -0.3 is 17.0 Å². The van der Waals surface area contributed by atoms with E-state index in [1.807, 2.05) is 31.3 Å². The van der Waals surface area contributed by atoms with Gasteiger partial charge in [-0.3, -0.25) is 6.58 Å². The molecule has 0 fully saturated rings. The quantitative estimate of drug-likeness (QED) is 0.430. The third-order valence-electron chi connectivity index (χ3n) is 3.09. The Balaban J connectivity index is 0. The average Bonchev–Trinajstić information content (AvgIpc) is 2.59. The Hall–Kier alpha value is -1.83. The molecule has 0 spiro atoms. The summed E-state index contributed by atoms with van der Waals surface area (Å²) in [5.74, 6) is 0. The molecular formula is C20H23IrN2. The summed E-state index contributed by atoms with van der Waals surface area (Å²) in [5.41, 5.74) is 5.96. The molecule has 1 heterocycles. The maximum atomic E-state index is 6.75. The maximum absolute atomic E-state index is 6.75. The van der Waals surface area contributed by atoms with Gasteiger partial charge in [0, 0.05) is 6.20 Å². The van der Waals surface area contributed by atoms with Crippen molar-refractivity contribution in [3.05, 3.63) is 77.9 Å². The summed E-state index contributed by atoms with van der Waals surface area (Å²) in [6, 6.07) is 11.6. The standard InChI is InChI=1S/C17H18N.C2H3.CH2N.Ir/c1-4-7-14-10-11-18-17(12-14)16-9-6-8-13(3)15(16)5-2;2*1-2;/h4,6-8,10-12H,5H2,1-3H3;1H,2H2;1H2;/q3*-1;+3/b7-4-;;;. The molecule has 0 aliphatic rings. The summed E-state index contributed by atoms with van der Waals surface area (Å²) in [6.45, 7) is 15.6. The molecule has 0 atom stereocenters. The molecule has 0 aliphatic carbocycles. The number of aryl methyl sites for hydroxylation is 1. The van der Waals surface area contributed by atoms with E-state index < -0.39 is 0 Å². The van der Waals surface area contributed by atoms with Crippen LogP contribution in [0.1, 0.15) is 30.5 Å². The van der Waals surface area contributed by atoms with E-state index in [-0.39, 0.29) is 20.1 Å². The third kappa shape index (κ3) is 6.85. The van der Waals surface area contributed by atoms with Crippen molar-refractivity contribution >= 4 is 12.8 Å². The van der Waals surface area contributed by atoms with Crippen LogP contribution in [0.25, 0.3) is 22.7 Å². The molecule has 2 rings (SSSR count). The van der Waals surface area contributed by atoms with Crippen LogP contribution in [-0.4, -0.2) is 11.7 Å². The second-order valence-electron chi connectivity index (χ2n) is 4.34. The van der Waals surface area contributed by atoms with E-state index in [9.17, 15) is 0 Å². The van der Waals surface area contributed by atoms with Crippen LogP contribution in [-0.2, 0) is 26.5 Å². The van der Waals surface area contributed by atoms with Crippen LogP contribution in [0, 0.1) is 19.6 Å². The number of aromatic nitrogens is 1. The van der Waals surface area contributed by atoms with E-state index in [4.69, 9.17) is 5.41 Å². The third-order valence-corrected chi connectivity index (χ3v) is 3.09. The van der Waals surface area contributed by atoms with Crippen molar-refractivity contribution in [3.63, 3.8) is 0 Å². The monoisotopic (exact) mass is 484 g/mol. The van der Waals surface area contributed by atoms with Crippen molar-refractivity contribution in [1.29, 1.82) is 0 Å². The van der Waals surface area contributed by atoms with E-state index in [0.717, 1.165) is 17.7 Å². The topological polar surface area (TPSA) is 35.2 Å². The first-order valence-electron chi connectivity index (χ1n) is 7.08. The van der Waals surface area contributed by atoms with Crippen LogP contribution in [0.3, 0.4) is 0 Å². The Morgan fingerprint density at radius 3 is 2.52 bits per heavy atom. The Kier molecular flexibility index (Phi) is 14.1. The van der Waals surface area contributed by atoms with E-state index in [0.29, 0.717) is 0 Å². The van der Waals surface area contributed by atoms with E-state index >= 15 is 0 Å². The largest absolute Gasteiger partial charge is 3.00 e. The summed E-state index contributed by atoms with van der Waals surface area (Å²) >= 11 is 0. The fourth-order valence-corrected chi connectivity index (χ4v) is 2.20. The van der Waals surface area contributed by atoms with Crippen molar-refractivity contribution in [2.75, 3.05) is 0 Å². The van der Waals surface area contributed by atoms with Gasteiger partial charge in [0.25, 0.3) is 0 Å². The van der Waals surface area contributed by atoms with Gasteiger partial charge in [0.1, 0.15) is 0 Å². The second kappa shape index (κ2) is 13.8. The molecule has 23 heavy (non-hydrogen) atoms. The van der Waals surface area contributed by atoms with E-state index in [2.05, 4.69) is 63.0 Å². The molecule has 3 heteroatoms. The molecule has 0 amide bonds. The van der Waals surface area contributed by atoms with Crippen molar-refractivity contribution in [2.45, 2.75) is 27.2 Å². The van der Waals surface area contributed by atoms with Crippen LogP contribution in [0.15, 0.2) is 43.1 Å². The second-order valence-corrected chi connectivity index (χ2v) is 4.34. The molecule has 2 aromatic rings. The molecule has 2 nitrogen and oxygen atoms in total. The fourth-order valence-electron chi connectivity index (χ4n) is 2.20. The van der Waals surface area contributed by atoms with Crippen molar-refractivity contribution < 1.29 is 20.1 Å². The van der Waals surface area contributed by atoms with Gasteiger partial charge in [-0.15, -0.1) is 34.9 Å². The molecule has 0 unspecified atom stereocenters. The van der Waals surface area contributed by atoms with Gasteiger partial charge in [-0.2, -0.15) is 0 Å². The maximum Gasteiger partial charge on any atom is 3.00 e. The molecule has 0 bridgehead atoms. The number of hydrogen-bond acceptors (Lipinski definition) is 1. The summed E-state index contributed by atoms with van der Waals surface area (Å²) in [6.07, 6.45) is 7.00. The van der Waals surface area contributed by atoms with Crippen molar-refractivity contribution in [3.8, 4) is 11.3 Å². The van der Waals surface area contributed by atoms with Gasteiger partial charge in [-0.25, -0.2) is 6.72 Å². The number of nitrogens with zero attached hydrogens (tertiary/aromatic N) is 2. The predicted octanol–water partition coefficient (Wildman–Crippen LogP) is 5.31. The van der Waals surface area contributed by atoms with E-state index in [1.54, 1.807) is 0 Å². The van der Waals surface area contributed by atoms with Gasteiger partial charge in [0.2, 0.25) is 0 Å².